The molecule has 0 saturated carbocycles. The van der Waals surface area contributed by atoms with E-state index in [1.807, 2.05) is 0 Å². The highest BCUT2D eigenvalue weighted by atomic mass is 35.5. The molecule has 0 radical (unpaired) electrons. The summed E-state index contributed by atoms with van der Waals surface area (Å²) >= 11 is 12.1. The molecule has 11 heteroatoms. The van der Waals surface area contributed by atoms with E-state index in [2.05, 4.69) is 16.7 Å². The summed E-state index contributed by atoms with van der Waals surface area (Å²) in [6, 6.07) is 9.81. The van der Waals surface area contributed by atoms with E-state index in [1.54, 1.807) is 52.7 Å². The van der Waals surface area contributed by atoms with Gasteiger partial charge < -0.3 is 19.4 Å². The van der Waals surface area contributed by atoms with Crippen molar-refractivity contribution in [3.05, 3.63) is 52.0 Å². The van der Waals surface area contributed by atoms with Crippen molar-refractivity contribution in [2.45, 2.75) is 11.8 Å². The van der Waals surface area contributed by atoms with Crippen LogP contribution in [0, 0.1) is 0 Å². The Labute approximate surface area is 217 Å². The van der Waals surface area contributed by atoms with Crippen LogP contribution in [0.3, 0.4) is 0 Å². The first-order valence-corrected chi connectivity index (χ1v) is 13.8. The average molecular weight is 542 g/mol. The van der Waals surface area contributed by atoms with E-state index in [-0.39, 0.29) is 10.8 Å². The summed E-state index contributed by atoms with van der Waals surface area (Å²) in [5.41, 5.74) is 1.16. The first-order chi connectivity index (χ1) is 16.7. The van der Waals surface area contributed by atoms with Crippen LogP contribution < -0.4 is 9.64 Å². The number of carbonyl (C=O) groups is 1. The van der Waals surface area contributed by atoms with E-state index in [9.17, 15) is 13.2 Å². The number of piperazine rings is 2. The number of benzene rings is 2. The fraction of sp³-hybridized carbons (Fsp3) is 0.458. The first-order valence-electron chi connectivity index (χ1n) is 11.6. The van der Waals surface area contributed by atoms with E-state index in [1.165, 1.54) is 0 Å². The third-order valence-electron chi connectivity index (χ3n) is 6.58. The van der Waals surface area contributed by atoms with E-state index in [0.29, 0.717) is 66.3 Å². The summed E-state index contributed by atoms with van der Waals surface area (Å²) in [4.78, 5) is 19.3. The second kappa shape index (κ2) is 10.9. The van der Waals surface area contributed by atoms with Gasteiger partial charge in [-0.3, -0.25) is 4.79 Å². The van der Waals surface area contributed by atoms with Crippen molar-refractivity contribution >= 4 is 44.8 Å². The van der Waals surface area contributed by atoms with Crippen LogP contribution in [0.5, 0.6) is 5.75 Å². The van der Waals surface area contributed by atoms with Crippen LogP contribution in [0.25, 0.3) is 0 Å². The molecule has 8 nitrogen and oxygen atoms in total. The molecule has 1 amide bonds. The van der Waals surface area contributed by atoms with Gasteiger partial charge >= 0.3 is 0 Å². The molecule has 0 spiro atoms. The summed E-state index contributed by atoms with van der Waals surface area (Å²) in [5.74, 6) is 0.463. The molecule has 35 heavy (non-hydrogen) atoms. The fourth-order valence-electron chi connectivity index (χ4n) is 4.52. The molecular formula is C24H30Cl2N4O4S. The van der Waals surface area contributed by atoms with Crippen LogP contribution in [-0.2, 0) is 10.0 Å². The quantitative estimate of drug-likeness (QED) is 0.559. The van der Waals surface area contributed by atoms with Gasteiger partial charge in [0.15, 0.2) is 0 Å². The smallest absolute Gasteiger partial charge is 0.254 e. The standard InChI is InChI=1S/C24H30Cl2N4O4S/c1-3-27-6-12-30(13-7-27)35(32,33)21-4-5-23(34-2)22(17-21)28-8-10-29(11-9-28)24(31)18-14-19(25)16-20(26)15-18/h4-5,14-17H,3,6-13H2,1-2H3. The van der Waals surface area contributed by atoms with Crippen LogP contribution in [0.2, 0.25) is 10.0 Å². The predicted molar refractivity (Wildman–Crippen MR) is 138 cm³/mol. The number of hydrogen-bond acceptors (Lipinski definition) is 6. The van der Waals surface area contributed by atoms with Crippen LogP contribution in [0.1, 0.15) is 17.3 Å². The van der Waals surface area contributed by atoms with Gasteiger partial charge in [0.05, 0.1) is 17.7 Å². The van der Waals surface area contributed by atoms with Crippen molar-refractivity contribution in [2.24, 2.45) is 0 Å². The normalized spacial score (nSPS) is 18.1. The van der Waals surface area contributed by atoms with Crippen LogP contribution in [0.4, 0.5) is 5.69 Å². The number of carbonyl (C=O) groups excluding carboxylic acids is 1. The van der Waals surface area contributed by atoms with Crippen LogP contribution >= 0.6 is 23.2 Å². The van der Waals surface area contributed by atoms with E-state index in [4.69, 9.17) is 27.9 Å². The second-order valence-corrected chi connectivity index (χ2v) is 11.4. The molecule has 2 aromatic carbocycles. The fourth-order valence-corrected chi connectivity index (χ4v) is 6.49. The van der Waals surface area contributed by atoms with Crippen molar-refractivity contribution in [3.63, 3.8) is 0 Å². The maximum absolute atomic E-state index is 13.3. The summed E-state index contributed by atoms with van der Waals surface area (Å²) in [7, 11) is -2.04. The van der Waals surface area contributed by atoms with Crippen LogP contribution in [0.15, 0.2) is 41.3 Å². The summed E-state index contributed by atoms with van der Waals surface area (Å²) < 4.78 is 33.8. The third kappa shape index (κ3) is 5.70. The lowest BCUT2D eigenvalue weighted by atomic mass is 10.1. The molecule has 0 bridgehead atoms. The Balaban J connectivity index is 1.49. The average Bonchev–Trinajstić information content (AvgIpc) is 2.87. The predicted octanol–water partition coefficient (Wildman–Crippen LogP) is 3.29. The van der Waals surface area contributed by atoms with Gasteiger partial charge in [-0.25, -0.2) is 8.42 Å². The second-order valence-electron chi connectivity index (χ2n) is 8.61. The zero-order valence-corrected chi connectivity index (χ0v) is 22.2. The van der Waals surface area contributed by atoms with Gasteiger partial charge in [-0.05, 0) is 42.9 Å². The highest BCUT2D eigenvalue weighted by Crippen LogP contribution is 2.33. The Bertz CT molecular complexity index is 1160. The minimum absolute atomic E-state index is 0.136. The minimum atomic E-state index is -3.61. The molecule has 0 N–H and O–H groups in total. The summed E-state index contributed by atoms with van der Waals surface area (Å²) in [6.45, 7) is 7.43. The first kappa shape index (κ1) is 26.0. The molecule has 0 unspecified atom stereocenters. The number of sulfonamides is 1. The van der Waals surface area contributed by atoms with Crippen LogP contribution in [-0.4, -0.2) is 94.4 Å². The van der Waals surface area contributed by atoms with Gasteiger partial charge in [0.1, 0.15) is 5.75 Å². The zero-order chi connectivity index (χ0) is 25.2. The molecule has 190 valence electrons. The van der Waals surface area contributed by atoms with Gasteiger partial charge in [0.2, 0.25) is 10.0 Å². The Hall–Kier alpha value is -2.04. The Morgan fingerprint density at radius 2 is 1.54 bits per heavy atom. The monoisotopic (exact) mass is 540 g/mol. The number of ether oxygens (including phenoxy) is 1. The molecule has 0 aromatic heterocycles. The van der Waals surface area contributed by atoms with Crippen molar-refractivity contribution in [1.82, 2.24) is 14.1 Å². The number of methoxy groups -OCH3 is 1. The van der Waals surface area contributed by atoms with Crippen molar-refractivity contribution in [3.8, 4) is 5.75 Å². The molecule has 2 aliphatic rings. The summed E-state index contributed by atoms with van der Waals surface area (Å²) in [5, 5.41) is 0.830. The SMILES string of the molecule is CCN1CCN(S(=O)(=O)c2ccc(OC)c(N3CCN(C(=O)c4cc(Cl)cc(Cl)c4)CC3)c2)CC1. The number of hydrogen-bond donors (Lipinski definition) is 0. The van der Waals surface area contributed by atoms with E-state index < -0.39 is 10.0 Å². The van der Waals surface area contributed by atoms with E-state index >= 15 is 0 Å². The Morgan fingerprint density at radius 1 is 0.914 bits per heavy atom. The Kier molecular flexibility index (Phi) is 8.12. The topological polar surface area (TPSA) is 73.4 Å². The van der Waals surface area contributed by atoms with Gasteiger partial charge in [-0.15, -0.1) is 0 Å². The molecule has 2 aliphatic heterocycles. The molecule has 2 fully saturated rings. The number of likely N-dealkylation sites (N-methyl/N-ethyl adjacent to an activating group) is 1. The van der Waals surface area contributed by atoms with Gasteiger partial charge in [0.25, 0.3) is 5.91 Å². The zero-order valence-electron chi connectivity index (χ0n) is 19.9. The van der Waals surface area contributed by atoms with Crippen molar-refractivity contribution in [1.29, 1.82) is 0 Å². The van der Waals surface area contributed by atoms with Crippen molar-refractivity contribution in [2.75, 3.05) is 70.9 Å². The third-order valence-corrected chi connectivity index (χ3v) is 8.91. The number of nitrogens with zero attached hydrogens (tertiary/aromatic N) is 4. The van der Waals surface area contributed by atoms with Gasteiger partial charge in [-0.1, -0.05) is 30.1 Å². The maximum atomic E-state index is 13.3. The molecule has 0 aliphatic carbocycles. The molecule has 0 atom stereocenters. The van der Waals surface area contributed by atoms with Gasteiger partial charge in [0, 0.05) is 68.0 Å². The van der Waals surface area contributed by atoms with Gasteiger partial charge in [-0.2, -0.15) is 4.31 Å². The molecule has 2 heterocycles. The molecule has 2 saturated heterocycles. The lowest BCUT2D eigenvalue weighted by Gasteiger charge is -2.37. The number of rotatable bonds is 6. The lowest BCUT2D eigenvalue weighted by Crippen LogP contribution is -2.49. The highest BCUT2D eigenvalue weighted by Gasteiger charge is 2.30. The lowest BCUT2D eigenvalue weighted by molar-refractivity contribution is 0.0746. The Morgan fingerprint density at radius 3 is 2.11 bits per heavy atom. The number of halogens is 2. The number of anilines is 1. The highest BCUT2D eigenvalue weighted by molar-refractivity contribution is 7.89. The largest absolute Gasteiger partial charge is 0.495 e. The maximum Gasteiger partial charge on any atom is 0.254 e. The molecular weight excluding hydrogens is 511 g/mol. The summed E-state index contributed by atoms with van der Waals surface area (Å²) in [6.07, 6.45) is 0. The van der Waals surface area contributed by atoms with Crippen molar-refractivity contribution < 1.29 is 17.9 Å². The number of amides is 1. The molecule has 2 aromatic rings. The minimum Gasteiger partial charge on any atom is -0.495 e. The molecule has 4 rings (SSSR count). The van der Waals surface area contributed by atoms with E-state index in [0.717, 1.165) is 19.6 Å².